The van der Waals surface area contributed by atoms with Crippen molar-refractivity contribution in [3.63, 3.8) is 0 Å². The first kappa shape index (κ1) is 18.5. The summed E-state index contributed by atoms with van der Waals surface area (Å²) in [7, 11) is 0. The van der Waals surface area contributed by atoms with Gasteiger partial charge >= 0.3 is 0 Å². The lowest BCUT2D eigenvalue weighted by Gasteiger charge is -2.18. The molecule has 1 aliphatic rings. The van der Waals surface area contributed by atoms with Gasteiger partial charge in [0, 0.05) is 11.8 Å². The summed E-state index contributed by atoms with van der Waals surface area (Å²) in [5.74, 6) is 0.748. The van der Waals surface area contributed by atoms with Crippen molar-refractivity contribution in [3.05, 3.63) is 59.2 Å². The zero-order valence-corrected chi connectivity index (χ0v) is 15.4. The van der Waals surface area contributed by atoms with Crippen LogP contribution in [0.2, 0.25) is 0 Å². The third-order valence-corrected chi connectivity index (χ3v) is 4.16. The summed E-state index contributed by atoms with van der Waals surface area (Å²) in [6, 6.07) is 11.3. The smallest absolute Gasteiger partial charge is 0.244 e. The third-order valence-electron chi connectivity index (χ3n) is 4.16. The number of fused-ring (bicyclic) bond motifs is 1. The number of hydrogen-bond donors (Lipinski definition) is 2. The maximum absolute atomic E-state index is 12.1. The van der Waals surface area contributed by atoms with E-state index in [1.54, 1.807) is 6.08 Å². The van der Waals surface area contributed by atoms with Gasteiger partial charge in [-0.2, -0.15) is 0 Å². The number of rotatable bonds is 5. The molecule has 0 aromatic heterocycles. The van der Waals surface area contributed by atoms with Gasteiger partial charge in [-0.25, -0.2) is 0 Å². The van der Waals surface area contributed by atoms with E-state index in [1.165, 1.54) is 6.08 Å². The molecule has 0 bridgehead atoms. The van der Waals surface area contributed by atoms with Crippen LogP contribution in [0.15, 0.2) is 42.5 Å². The van der Waals surface area contributed by atoms with Gasteiger partial charge in [0.15, 0.2) is 11.5 Å². The predicted octanol–water partition coefficient (Wildman–Crippen LogP) is 2.84. The van der Waals surface area contributed by atoms with Crippen LogP contribution >= 0.6 is 0 Å². The van der Waals surface area contributed by atoms with Crippen LogP contribution in [0.25, 0.3) is 6.08 Å². The maximum atomic E-state index is 12.1. The summed E-state index contributed by atoms with van der Waals surface area (Å²) in [6.45, 7) is 4.80. The molecule has 0 unspecified atom stereocenters. The minimum Gasteiger partial charge on any atom is -0.486 e. The molecular formula is C21H22N2O4. The monoisotopic (exact) mass is 366 g/mol. The molecule has 0 radical (unpaired) electrons. The SMILES string of the molecule is Cc1cccc(C)c1NC(=O)CNC(=O)C=Cc1ccc2c(c1)OCCO2. The minimum atomic E-state index is -0.346. The van der Waals surface area contributed by atoms with Gasteiger partial charge in [-0.3, -0.25) is 9.59 Å². The first-order valence-corrected chi connectivity index (χ1v) is 8.74. The second kappa shape index (κ2) is 8.40. The van der Waals surface area contributed by atoms with E-state index >= 15 is 0 Å². The van der Waals surface area contributed by atoms with Crippen LogP contribution in [0.3, 0.4) is 0 Å². The Labute approximate surface area is 158 Å². The van der Waals surface area contributed by atoms with E-state index in [0.717, 1.165) is 22.4 Å². The number of carbonyl (C=O) groups excluding carboxylic acids is 2. The Bertz CT molecular complexity index is 869. The lowest BCUT2D eigenvalue weighted by Crippen LogP contribution is -2.32. The summed E-state index contributed by atoms with van der Waals surface area (Å²) in [4.78, 5) is 24.0. The average Bonchev–Trinajstić information content (AvgIpc) is 2.67. The summed E-state index contributed by atoms with van der Waals surface area (Å²) in [5, 5.41) is 5.41. The topological polar surface area (TPSA) is 76.7 Å². The van der Waals surface area contributed by atoms with Crippen molar-refractivity contribution < 1.29 is 19.1 Å². The first-order valence-electron chi connectivity index (χ1n) is 8.74. The highest BCUT2D eigenvalue weighted by atomic mass is 16.6. The molecule has 2 aromatic carbocycles. The van der Waals surface area contributed by atoms with E-state index in [9.17, 15) is 9.59 Å². The number of carbonyl (C=O) groups is 2. The van der Waals surface area contributed by atoms with Crippen molar-refractivity contribution >= 4 is 23.6 Å². The van der Waals surface area contributed by atoms with Gasteiger partial charge in [0.05, 0.1) is 6.54 Å². The highest BCUT2D eigenvalue weighted by Gasteiger charge is 2.11. The normalized spacial score (nSPS) is 12.7. The van der Waals surface area contributed by atoms with Gasteiger partial charge < -0.3 is 20.1 Å². The van der Waals surface area contributed by atoms with Crippen LogP contribution in [0.1, 0.15) is 16.7 Å². The van der Waals surface area contributed by atoms with E-state index in [2.05, 4.69) is 10.6 Å². The second-order valence-corrected chi connectivity index (χ2v) is 6.27. The molecule has 1 heterocycles. The Morgan fingerprint density at radius 1 is 1.04 bits per heavy atom. The quantitative estimate of drug-likeness (QED) is 0.798. The van der Waals surface area contributed by atoms with Gasteiger partial charge in [0.25, 0.3) is 0 Å². The molecule has 27 heavy (non-hydrogen) atoms. The van der Waals surface area contributed by atoms with Crippen LogP contribution in [0.5, 0.6) is 11.5 Å². The van der Waals surface area contributed by atoms with E-state index in [0.29, 0.717) is 24.7 Å². The number of ether oxygens (including phenoxy) is 2. The van der Waals surface area contributed by atoms with Crippen molar-refractivity contribution in [3.8, 4) is 11.5 Å². The van der Waals surface area contributed by atoms with Gasteiger partial charge in [0.1, 0.15) is 13.2 Å². The van der Waals surface area contributed by atoms with E-state index in [-0.39, 0.29) is 18.4 Å². The van der Waals surface area contributed by atoms with Crippen molar-refractivity contribution in [2.45, 2.75) is 13.8 Å². The molecule has 6 nitrogen and oxygen atoms in total. The molecule has 0 atom stereocenters. The Balaban J connectivity index is 1.52. The number of para-hydroxylation sites is 1. The third kappa shape index (κ3) is 4.88. The average molecular weight is 366 g/mol. The Morgan fingerprint density at radius 2 is 1.74 bits per heavy atom. The van der Waals surface area contributed by atoms with Gasteiger partial charge in [0.2, 0.25) is 11.8 Å². The molecular weight excluding hydrogens is 344 g/mol. The highest BCUT2D eigenvalue weighted by Crippen LogP contribution is 2.31. The molecule has 0 spiro atoms. The van der Waals surface area contributed by atoms with E-state index < -0.39 is 0 Å². The second-order valence-electron chi connectivity index (χ2n) is 6.27. The molecule has 2 N–H and O–H groups in total. The largest absolute Gasteiger partial charge is 0.486 e. The summed E-state index contributed by atoms with van der Waals surface area (Å²) < 4.78 is 11.0. The maximum Gasteiger partial charge on any atom is 0.244 e. The fourth-order valence-corrected chi connectivity index (χ4v) is 2.76. The molecule has 0 saturated carbocycles. The highest BCUT2D eigenvalue weighted by molar-refractivity contribution is 5.98. The fourth-order valence-electron chi connectivity index (χ4n) is 2.76. The standard InChI is InChI=1S/C21H22N2O4/c1-14-4-3-5-15(2)21(14)23-20(25)13-22-19(24)9-7-16-6-8-17-18(12-16)27-11-10-26-17/h3-9,12H,10-11,13H2,1-2H3,(H,22,24)(H,23,25). The molecule has 0 fully saturated rings. The predicted molar refractivity (Wildman–Crippen MR) is 104 cm³/mol. The van der Waals surface area contributed by atoms with Gasteiger partial charge in [-0.05, 0) is 48.7 Å². The van der Waals surface area contributed by atoms with Crippen LogP contribution in [0.4, 0.5) is 5.69 Å². The number of anilines is 1. The molecule has 140 valence electrons. The molecule has 6 heteroatoms. The number of nitrogens with one attached hydrogen (secondary N) is 2. The lowest BCUT2D eigenvalue weighted by atomic mass is 10.1. The first-order chi connectivity index (χ1) is 13.0. The number of hydrogen-bond acceptors (Lipinski definition) is 4. The summed E-state index contributed by atoms with van der Waals surface area (Å²) >= 11 is 0. The Hall–Kier alpha value is -3.28. The number of aryl methyl sites for hydroxylation is 2. The summed E-state index contributed by atoms with van der Waals surface area (Å²) in [5.41, 5.74) is 3.55. The number of benzene rings is 2. The van der Waals surface area contributed by atoms with Crippen molar-refractivity contribution in [1.29, 1.82) is 0 Å². The van der Waals surface area contributed by atoms with Gasteiger partial charge in [-0.15, -0.1) is 0 Å². The van der Waals surface area contributed by atoms with Crippen molar-refractivity contribution in [2.24, 2.45) is 0 Å². The minimum absolute atomic E-state index is 0.0991. The van der Waals surface area contributed by atoms with Crippen LogP contribution < -0.4 is 20.1 Å². The van der Waals surface area contributed by atoms with E-state index in [4.69, 9.17) is 9.47 Å². The molecule has 3 rings (SSSR count). The van der Waals surface area contributed by atoms with Crippen LogP contribution in [0, 0.1) is 13.8 Å². The van der Waals surface area contributed by atoms with Crippen LogP contribution in [-0.2, 0) is 9.59 Å². The molecule has 0 aliphatic carbocycles. The molecule has 1 aliphatic heterocycles. The zero-order chi connectivity index (χ0) is 19.2. The molecule has 0 saturated heterocycles. The molecule has 2 amide bonds. The van der Waals surface area contributed by atoms with Crippen molar-refractivity contribution in [2.75, 3.05) is 25.1 Å². The Kier molecular flexibility index (Phi) is 5.76. The van der Waals surface area contributed by atoms with Crippen molar-refractivity contribution in [1.82, 2.24) is 5.32 Å². The lowest BCUT2D eigenvalue weighted by molar-refractivity contribution is -0.121. The molecule has 2 aromatic rings. The summed E-state index contributed by atoms with van der Waals surface area (Å²) in [6.07, 6.45) is 3.05. The van der Waals surface area contributed by atoms with Crippen LogP contribution in [-0.4, -0.2) is 31.6 Å². The van der Waals surface area contributed by atoms with Gasteiger partial charge in [-0.1, -0.05) is 24.3 Å². The van der Waals surface area contributed by atoms with E-state index in [1.807, 2.05) is 50.2 Å². The number of amides is 2. The fraction of sp³-hybridized carbons (Fsp3) is 0.238. The Morgan fingerprint density at radius 3 is 2.48 bits per heavy atom. The zero-order valence-electron chi connectivity index (χ0n) is 15.4.